The fourth-order valence-electron chi connectivity index (χ4n) is 0.725. The molecule has 0 fully saturated rings. The first-order chi connectivity index (χ1) is 7.06. The van der Waals surface area contributed by atoms with Crippen LogP contribution in [0.3, 0.4) is 0 Å². The maximum atomic E-state index is 10.5. The van der Waals surface area contributed by atoms with Crippen LogP contribution < -0.4 is 10.6 Å². The number of anilines is 1. The van der Waals surface area contributed by atoms with Crippen LogP contribution in [0.25, 0.3) is 0 Å². The first kappa shape index (κ1) is 13.7. The Hall–Kier alpha value is -1.35. The third kappa shape index (κ3) is 8.97. The van der Waals surface area contributed by atoms with Crippen molar-refractivity contribution >= 4 is 11.6 Å². The number of amides is 1. The van der Waals surface area contributed by atoms with Gasteiger partial charge in [0.15, 0.2) is 0 Å². The van der Waals surface area contributed by atoms with Crippen molar-refractivity contribution in [1.29, 1.82) is 0 Å². The Morgan fingerprint density at radius 2 is 1.73 bits per heavy atom. The Morgan fingerprint density at radius 1 is 1.27 bits per heavy atom. The largest absolute Gasteiger partial charge is 0.326 e. The van der Waals surface area contributed by atoms with E-state index in [0.717, 1.165) is 5.69 Å². The van der Waals surface area contributed by atoms with Gasteiger partial charge in [-0.05, 0) is 19.2 Å². The summed E-state index contributed by atoms with van der Waals surface area (Å²) in [6.45, 7) is 5.72. The van der Waals surface area contributed by atoms with E-state index in [9.17, 15) is 4.79 Å². The monoisotopic (exact) mass is 212 g/mol. The van der Waals surface area contributed by atoms with Crippen LogP contribution in [-0.4, -0.2) is 19.0 Å². The van der Waals surface area contributed by atoms with Gasteiger partial charge >= 0.3 is 0 Å². The lowest BCUT2D eigenvalue weighted by molar-refractivity contribution is -0.114. The van der Waals surface area contributed by atoms with Crippen LogP contribution in [0.2, 0.25) is 0 Å². The third-order valence-corrected chi connectivity index (χ3v) is 1.67. The number of rotatable bonds is 2. The van der Waals surface area contributed by atoms with Gasteiger partial charge in [0.25, 0.3) is 0 Å². The summed E-state index contributed by atoms with van der Waals surface area (Å²) < 4.78 is 0. The fraction of sp³-hybridized carbons (Fsp3) is 0.417. The SMILES string of the molecule is CC(=O)Nc1ccccc1.CNC(C)C.[HH].[HH]. The molecule has 0 radical (unpaired) electrons. The summed E-state index contributed by atoms with van der Waals surface area (Å²) in [5.41, 5.74) is 0.843. The summed E-state index contributed by atoms with van der Waals surface area (Å²) in [4.78, 5) is 10.5. The molecule has 0 unspecified atom stereocenters. The van der Waals surface area contributed by atoms with Crippen molar-refractivity contribution in [2.24, 2.45) is 0 Å². The number of hydrogen-bond acceptors (Lipinski definition) is 2. The second-order valence-electron chi connectivity index (χ2n) is 3.49. The molecule has 3 nitrogen and oxygen atoms in total. The average Bonchev–Trinajstić information content (AvgIpc) is 2.19. The van der Waals surface area contributed by atoms with E-state index in [0.29, 0.717) is 6.04 Å². The highest BCUT2D eigenvalue weighted by Gasteiger charge is 1.90. The Bertz CT molecular complexity index is 279. The lowest BCUT2D eigenvalue weighted by Gasteiger charge is -1.98. The van der Waals surface area contributed by atoms with Gasteiger partial charge in [0, 0.05) is 21.5 Å². The zero-order chi connectivity index (χ0) is 11.7. The van der Waals surface area contributed by atoms with E-state index in [1.807, 2.05) is 37.4 Å². The molecular weight excluding hydrogens is 188 g/mol. The number of para-hydroxylation sites is 1. The zero-order valence-corrected chi connectivity index (χ0v) is 9.87. The Labute approximate surface area is 94.9 Å². The van der Waals surface area contributed by atoms with Gasteiger partial charge in [0.2, 0.25) is 5.91 Å². The first-order valence-corrected chi connectivity index (χ1v) is 5.06. The van der Waals surface area contributed by atoms with Gasteiger partial charge < -0.3 is 10.6 Å². The smallest absolute Gasteiger partial charge is 0.221 e. The highest BCUT2D eigenvalue weighted by atomic mass is 16.1. The highest BCUT2D eigenvalue weighted by molar-refractivity contribution is 5.88. The van der Waals surface area contributed by atoms with E-state index in [1.54, 1.807) is 0 Å². The molecule has 2 N–H and O–H groups in total. The minimum Gasteiger partial charge on any atom is -0.326 e. The predicted molar refractivity (Wildman–Crippen MR) is 69.2 cm³/mol. The number of benzene rings is 1. The van der Waals surface area contributed by atoms with E-state index in [1.165, 1.54) is 6.92 Å². The lowest BCUT2D eigenvalue weighted by Crippen LogP contribution is -2.15. The summed E-state index contributed by atoms with van der Waals surface area (Å²) in [6, 6.07) is 10.00. The van der Waals surface area contributed by atoms with E-state index < -0.39 is 0 Å². The third-order valence-electron chi connectivity index (χ3n) is 1.67. The second-order valence-corrected chi connectivity index (χ2v) is 3.49. The fourth-order valence-corrected chi connectivity index (χ4v) is 0.725. The Balaban J connectivity index is -0.000000247. The molecule has 0 aromatic heterocycles. The van der Waals surface area contributed by atoms with Gasteiger partial charge in [-0.2, -0.15) is 0 Å². The lowest BCUT2D eigenvalue weighted by atomic mass is 10.3. The molecule has 88 valence electrons. The van der Waals surface area contributed by atoms with Crippen LogP contribution >= 0.6 is 0 Å². The number of carbonyl (C=O) groups is 1. The number of hydrogen-bond donors (Lipinski definition) is 2. The quantitative estimate of drug-likeness (QED) is 0.791. The topological polar surface area (TPSA) is 41.1 Å². The van der Waals surface area contributed by atoms with E-state index >= 15 is 0 Å². The first-order valence-electron chi connectivity index (χ1n) is 5.06. The van der Waals surface area contributed by atoms with Crippen LogP contribution in [0, 0.1) is 0 Å². The minimum absolute atomic E-state index is 0. The van der Waals surface area contributed by atoms with E-state index in [-0.39, 0.29) is 8.76 Å². The van der Waals surface area contributed by atoms with Crippen LogP contribution in [0.5, 0.6) is 0 Å². The normalized spacial score (nSPS) is 9.13. The van der Waals surface area contributed by atoms with Gasteiger partial charge in [-0.15, -0.1) is 0 Å². The molecule has 0 aliphatic carbocycles. The number of nitrogens with one attached hydrogen (secondary N) is 2. The van der Waals surface area contributed by atoms with Gasteiger partial charge in [-0.3, -0.25) is 4.79 Å². The summed E-state index contributed by atoms with van der Waals surface area (Å²) in [7, 11) is 1.95. The summed E-state index contributed by atoms with van der Waals surface area (Å²) in [5.74, 6) is -0.0359. The molecule has 0 atom stereocenters. The molecule has 1 amide bonds. The minimum atomic E-state index is -0.0359. The van der Waals surface area contributed by atoms with Crippen molar-refractivity contribution in [2.75, 3.05) is 12.4 Å². The molecular formula is C12H24N2O. The summed E-state index contributed by atoms with van der Waals surface area (Å²) >= 11 is 0. The molecule has 0 heterocycles. The van der Waals surface area contributed by atoms with Gasteiger partial charge in [-0.25, -0.2) is 0 Å². The molecule has 0 saturated carbocycles. The summed E-state index contributed by atoms with van der Waals surface area (Å²) in [5, 5.41) is 5.69. The maximum Gasteiger partial charge on any atom is 0.221 e. The molecule has 0 saturated heterocycles. The molecule has 1 aromatic rings. The second kappa shape index (κ2) is 8.00. The van der Waals surface area contributed by atoms with Crippen molar-refractivity contribution < 1.29 is 7.65 Å². The van der Waals surface area contributed by atoms with Crippen molar-refractivity contribution in [3.8, 4) is 0 Å². The van der Waals surface area contributed by atoms with Crippen molar-refractivity contribution in [2.45, 2.75) is 26.8 Å². The van der Waals surface area contributed by atoms with Gasteiger partial charge in [-0.1, -0.05) is 32.0 Å². The average molecular weight is 212 g/mol. The standard InChI is InChI=1S/C8H9NO.C4H11N.2H2/c1-7(10)9-8-5-3-2-4-6-8;1-4(2)5-3;;/h2-6H,1H3,(H,9,10);4-5H,1-3H3;2*1H. The van der Waals surface area contributed by atoms with Crippen molar-refractivity contribution in [1.82, 2.24) is 5.32 Å². The molecule has 1 rings (SSSR count). The zero-order valence-electron chi connectivity index (χ0n) is 9.87. The van der Waals surface area contributed by atoms with Gasteiger partial charge in [0.1, 0.15) is 0 Å². The maximum absolute atomic E-state index is 10.5. The molecule has 3 heteroatoms. The van der Waals surface area contributed by atoms with Crippen LogP contribution in [-0.2, 0) is 4.79 Å². The van der Waals surface area contributed by atoms with Crippen molar-refractivity contribution in [3.63, 3.8) is 0 Å². The van der Waals surface area contributed by atoms with Crippen molar-refractivity contribution in [3.05, 3.63) is 30.3 Å². The van der Waals surface area contributed by atoms with Crippen LogP contribution in [0.4, 0.5) is 5.69 Å². The summed E-state index contributed by atoms with van der Waals surface area (Å²) in [6.07, 6.45) is 0. The Kier molecular flexibility index (Phi) is 7.28. The molecule has 0 aliphatic rings. The van der Waals surface area contributed by atoms with Crippen LogP contribution in [0.15, 0.2) is 30.3 Å². The Morgan fingerprint density at radius 3 is 2.07 bits per heavy atom. The number of carbonyl (C=O) groups excluding carboxylic acids is 1. The molecule has 1 aromatic carbocycles. The highest BCUT2D eigenvalue weighted by Crippen LogP contribution is 2.03. The molecule has 0 aliphatic heterocycles. The van der Waals surface area contributed by atoms with Crippen LogP contribution in [0.1, 0.15) is 23.6 Å². The molecule has 15 heavy (non-hydrogen) atoms. The molecule has 0 bridgehead atoms. The predicted octanol–water partition coefficient (Wildman–Crippen LogP) is 2.75. The molecule has 0 spiro atoms. The van der Waals surface area contributed by atoms with E-state index in [2.05, 4.69) is 24.5 Å². The van der Waals surface area contributed by atoms with E-state index in [4.69, 9.17) is 0 Å². The van der Waals surface area contributed by atoms with Gasteiger partial charge in [0.05, 0.1) is 0 Å².